The summed E-state index contributed by atoms with van der Waals surface area (Å²) >= 11 is 0. The van der Waals surface area contributed by atoms with E-state index in [0.717, 1.165) is 11.8 Å². The van der Waals surface area contributed by atoms with Gasteiger partial charge in [0.2, 0.25) is 0 Å². The van der Waals surface area contributed by atoms with Crippen LogP contribution in [0.4, 0.5) is 4.79 Å². The molecule has 3 aromatic rings. The van der Waals surface area contributed by atoms with Crippen molar-refractivity contribution in [2.24, 2.45) is 0 Å². The molecule has 0 atom stereocenters. The number of rotatable bonds is 6. The number of hydrogen-bond donors (Lipinski definition) is 1. The van der Waals surface area contributed by atoms with Gasteiger partial charge in [-0.25, -0.2) is 4.79 Å². The average Bonchev–Trinajstić information content (AvgIpc) is 3.09. The van der Waals surface area contributed by atoms with Crippen LogP contribution >= 0.6 is 0 Å². The third-order valence-electron chi connectivity index (χ3n) is 5.06. The smallest absolute Gasteiger partial charge is 0.407 e. The van der Waals surface area contributed by atoms with Gasteiger partial charge in [0.15, 0.2) is 0 Å². The Morgan fingerprint density at radius 1 is 0.897 bits per heavy atom. The first-order valence-corrected chi connectivity index (χ1v) is 9.57. The monoisotopic (exact) mass is 383 g/mol. The molecule has 0 bridgehead atoms. The molecule has 0 fully saturated rings. The fourth-order valence-corrected chi connectivity index (χ4v) is 3.72. The zero-order valence-corrected chi connectivity index (χ0v) is 15.9. The molecule has 1 aliphatic rings. The van der Waals surface area contributed by atoms with Gasteiger partial charge in [0.25, 0.3) is 0 Å². The highest BCUT2D eigenvalue weighted by Gasteiger charge is 2.28. The van der Waals surface area contributed by atoms with Crippen molar-refractivity contribution in [2.75, 3.05) is 13.2 Å². The standard InChI is InChI=1S/C25H21NO3/c27-16-19-8-5-7-18(15-19)9-6-14-26-25(28)29-17-24-22-12-3-1-10-20(22)21-11-2-4-13-23(21)24/h1-13,15-16,24H,14,17H2,(H,26,28). The number of aldehydes is 1. The minimum atomic E-state index is -0.446. The van der Waals surface area contributed by atoms with Gasteiger partial charge in [-0.15, -0.1) is 0 Å². The summed E-state index contributed by atoms with van der Waals surface area (Å²) in [6, 6.07) is 23.8. The number of hydrogen-bond acceptors (Lipinski definition) is 3. The van der Waals surface area contributed by atoms with Crippen molar-refractivity contribution in [3.05, 3.63) is 101 Å². The van der Waals surface area contributed by atoms with Gasteiger partial charge in [0, 0.05) is 18.0 Å². The topological polar surface area (TPSA) is 55.4 Å². The van der Waals surface area contributed by atoms with Crippen LogP contribution in [0.1, 0.15) is 33.0 Å². The predicted molar refractivity (Wildman–Crippen MR) is 114 cm³/mol. The molecule has 0 radical (unpaired) electrons. The van der Waals surface area contributed by atoms with Crippen LogP contribution in [0.5, 0.6) is 0 Å². The highest BCUT2D eigenvalue weighted by Crippen LogP contribution is 2.44. The van der Waals surface area contributed by atoms with Gasteiger partial charge in [-0.2, -0.15) is 0 Å². The number of alkyl carbamates (subject to hydrolysis) is 1. The van der Waals surface area contributed by atoms with Crippen LogP contribution in [0.2, 0.25) is 0 Å². The molecule has 0 aliphatic heterocycles. The highest BCUT2D eigenvalue weighted by atomic mass is 16.5. The lowest BCUT2D eigenvalue weighted by Gasteiger charge is -2.14. The fraction of sp³-hybridized carbons (Fsp3) is 0.120. The van der Waals surface area contributed by atoms with Crippen molar-refractivity contribution in [2.45, 2.75) is 5.92 Å². The highest BCUT2D eigenvalue weighted by molar-refractivity contribution is 5.79. The summed E-state index contributed by atoms with van der Waals surface area (Å²) in [5.74, 6) is 0.0507. The van der Waals surface area contributed by atoms with Gasteiger partial charge < -0.3 is 10.1 Å². The summed E-state index contributed by atoms with van der Waals surface area (Å²) in [5, 5.41) is 2.74. The summed E-state index contributed by atoms with van der Waals surface area (Å²) in [5.41, 5.74) is 6.32. The van der Waals surface area contributed by atoms with E-state index < -0.39 is 6.09 Å². The van der Waals surface area contributed by atoms with Crippen LogP contribution in [-0.4, -0.2) is 25.5 Å². The van der Waals surface area contributed by atoms with Crippen molar-refractivity contribution in [3.8, 4) is 11.1 Å². The van der Waals surface area contributed by atoms with Crippen molar-refractivity contribution < 1.29 is 14.3 Å². The molecule has 0 aromatic heterocycles. The lowest BCUT2D eigenvalue weighted by Crippen LogP contribution is -2.26. The van der Waals surface area contributed by atoms with E-state index in [9.17, 15) is 9.59 Å². The molecule has 0 unspecified atom stereocenters. The first kappa shape index (κ1) is 18.7. The normalized spacial score (nSPS) is 12.4. The lowest BCUT2D eigenvalue weighted by atomic mass is 9.98. The average molecular weight is 383 g/mol. The van der Waals surface area contributed by atoms with Gasteiger partial charge in [-0.3, -0.25) is 4.79 Å². The minimum Gasteiger partial charge on any atom is -0.449 e. The van der Waals surface area contributed by atoms with Gasteiger partial charge in [-0.1, -0.05) is 78.9 Å². The van der Waals surface area contributed by atoms with E-state index in [2.05, 4.69) is 29.6 Å². The zero-order valence-electron chi connectivity index (χ0n) is 15.9. The summed E-state index contributed by atoms with van der Waals surface area (Å²) in [6.07, 6.45) is 4.05. The minimum absolute atomic E-state index is 0.0507. The molecule has 3 aromatic carbocycles. The first-order valence-electron chi connectivity index (χ1n) is 9.57. The van der Waals surface area contributed by atoms with Gasteiger partial charge in [-0.05, 0) is 33.9 Å². The van der Waals surface area contributed by atoms with Crippen LogP contribution < -0.4 is 5.32 Å². The Morgan fingerprint density at radius 3 is 2.24 bits per heavy atom. The SMILES string of the molecule is O=Cc1cccc(C=CCNC(=O)OCC2c3ccccc3-c3ccccc32)c1. The maximum absolute atomic E-state index is 12.1. The molecule has 1 aliphatic carbocycles. The third kappa shape index (κ3) is 4.11. The molecule has 0 saturated heterocycles. The van der Waals surface area contributed by atoms with Crippen LogP contribution in [0.25, 0.3) is 17.2 Å². The molecule has 4 nitrogen and oxygen atoms in total. The second-order valence-electron chi connectivity index (χ2n) is 6.90. The van der Waals surface area contributed by atoms with Crippen LogP contribution in [0, 0.1) is 0 Å². The summed E-state index contributed by atoms with van der Waals surface area (Å²) < 4.78 is 5.50. The second-order valence-corrected chi connectivity index (χ2v) is 6.90. The molecular formula is C25H21NO3. The quantitative estimate of drug-likeness (QED) is 0.606. The molecule has 0 spiro atoms. The van der Waals surface area contributed by atoms with Crippen molar-refractivity contribution in [1.29, 1.82) is 0 Å². The van der Waals surface area contributed by atoms with Crippen LogP contribution in [0.3, 0.4) is 0 Å². The Kier molecular flexibility index (Phi) is 5.52. The van der Waals surface area contributed by atoms with Crippen LogP contribution in [-0.2, 0) is 4.74 Å². The van der Waals surface area contributed by atoms with Crippen molar-refractivity contribution in [1.82, 2.24) is 5.32 Å². The molecular weight excluding hydrogens is 362 g/mol. The van der Waals surface area contributed by atoms with E-state index in [4.69, 9.17) is 4.74 Å². The maximum atomic E-state index is 12.1. The van der Waals surface area contributed by atoms with E-state index >= 15 is 0 Å². The third-order valence-corrected chi connectivity index (χ3v) is 5.06. The van der Waals surface area contributed by atoms with Crippen molar-refractivity contribution >= 4 is 18.5 Å². The van der Waals surface area contributed by atoms with Crippen LogP contribution in [0.15, 0.2) is 78.9 Å². The van der Waals surface area contributed by atoms with E-state index in [0.29, 0.717) is 18.7 Å². The Bertz CT molecular complexity index is 1030. The first-order chi connectivity index (χ1) is 14.3. The Balaban J connectivity index is 1.33. The molecule has 144 valence electrons. The van der Waals surface area contributed by atoms with Gasteiger partial charge in [0.1, 0.15) is 12.9 Å². The van der Waals surface area contributed by atoms with E-state index in [-0.39, 0.29) is 5.92 Å². The number of benzene rings is 3. The van der Waals surface area contributed by atoms with Gasteiger partial charge >= 0.3 is 6.09 Å². The summed E-state index contributed by atoms with van der Waals surface area (Å²) in [4.78, 5) is 22.9. The molecule has 0 saturated carbocycles. The Hall–Kier alpha value is -3.66. The second kappa shape index (κ2) is 8.57. The zero-order chi connectivity index (χ0) is 20.1. The lowest BCUT2D eigenvalue weighted by molar-refractivity contribution is 0.112. The number of carbonyl (C=O) groups excluding carboxylic acids is 2. The van der Waals surface area contributed by atoms with E-state index in [1.165, 1.54) is 22.3 Å². The molecule has 4 heteroatoms. The predicted octanol–water partition coefficient (Wildman–Crippen LogP) is 5.05. The number of fused-ring (bicyclic) bond motifs is 3. The Morgan fingerprint density at radius 2 is 1.55 bits per heavy atom. The largest absolute Gasteiger partial charge is 0.449 e. The number of amides is 1. The number of nitrogens with one attached hydrogen (secondary N) is 1. The van der Waals surface area contributed by atoms with E-state index in [1.54, 1.807) is 12.1 Å². The maximum Gasteiger partial charge on any atom is 0.407 e. The summed E-state index contributed by atoms with van der Waals surface area (Å²) in [7, 11) is 0. The molecule has 1 N–H and O–H groups in total. The Labute approximate surface area is 169 Å². The fourth-order valence-electron chi connectivity index (χ4n) is 3.72. The van der Waals surface area contributed by atoms with Crippen molar-refractivity contribution in [3.63, 3.8) is 0 Å². The molecule has 29 heavy (non-hydrogen) atoms. The molecule has 0 heterocycles. The number of ether oxygens (including phenoxy) is 1. The van der Waals surface area contributed by atoms with Gasteiger partial charge in [0.05, 0.1) is 0 Å². The van der Waals surface area contributed by atoms with E-state index in [1.807, 2.05) is 48.6 Å². The summed E-state index contributed by atoms with van der Waals surface area (Å²) in [6.45, 7) is 0.646. The molecule has 4 rings (SSSR count). The molecule has 1 amide bonds. The number of carbonyl (C=O) groups is 2.